The predicted molar refractivity (Wildman–Crippen MR) is 89.9 cm³/mol. The molecule has 2 aliphatic heterocycles. The lowest BCUT2D eigenvalue weighted by molar-refractivity contribution is -0.0924. The summed E-state index contributed by atoms with van der Waals surface area (Å²) < 4.78 is 11.7. The normalized spacial score (nSPS) is 21.1. The van der Waals surface area contributed by atoms with Gasteiger partial charge in [-0.1, -0.05) is 42.5 Å². The summed E-state index contributed by atoms with van der Waals surface area (Å²) >= 11 is 0. The number of para-hydroxylation sites is 1. The molecule has 0 saturated heterocycles. The van der Waals surface area contributed by atoms with Gasteiger partial charge in [-0.2, -0.15) is 5.10 Å². The van der Waals surface area contributed by atoms with Crippen LogP contribution >= 0.6 is 0 Å². The average Bonchev–Trinajstić information content (AvgIpc) is 3.02. The van der Waals surface area contributed by atoms with Crippen LogP contribution in [0.3, 0.4) is 0 Å². The van der Waals surface area contributed by atoms with Crippen LogP contribution in [0.5, 0.6) is 11.5 Å². The summed E-state index contributed by atoms with van der Waals surface area (Å²) in [7, 11) is 1.68. The lowest BCUT2D eigenvalue weighted by Gasteiger charge is -2.43. The number of rotatable bonds is 2. The third kappa shape index (κ3) is 2.17. The van der Waals surface area contributed by atoms with Crippen LogP contribution in [0.15, 0.2) is 53.6 Å². The van der Waals surface area contributed by atoms with E-state index in [9.17, 15) is 0 Å². The van der Waals surface area contributed by atoms with E-state index in [-0.39, 0.29) is 6.04 Å². The maximum Gasteiger partial charge on any atom is 0.192 e. The molecule has 2 aliphatic rings. The van der Waals surface area contributed by atoms with E-state index >= 15 is 0 Å². The number of hydrogen-bond donors (Lipinski definition) is 0. The van der Waals surface area contributed by atoms with Crippen molar-refractivity contribution in [1.82, 2.24) is 5.01 Å². The zero-order valence-electron chi connectivity index (χ0n) is 13.6. The van der Waals surface area contributed by atoms with Gasteiger partial charge in [-0.15, -0.1) is 0 Å². The third-order valence-electron chi connectivity index (χ3n) is 4.51. The van der Waals surface area contributed by atoms with Gasteiger partial charge in [0.2, 0.25) is 0 Å². The molecule has 0 spiro atoms. The van der Waals surface area contributed by atoms with E-state index in [1.807, 2.05) is 44.2 Å². The van der Waals surface area contributed by atoms with Crippen molar-refractivity contribution < 1.29 is 9.47 Å². The monoisotopic (exact) mass is 308 g/mol. The first-order valence-corrected chi connectivity index (χ1v) is 7.88. The van der Waals surface area contributed by atoms with Gasteiger partial charge in [0.1, 0.15) is 0 Å². The van der Waals surface area contributed by atoms with Crippen LogP contribution in [0.4, 0.5) is 0 Å². The summed E-state index contributed by atoms with van der Waals surface area (Å²) in [5, 5.41) is 6.95. The molecule has 0 unspecified atom stereocenters. The summed E-state index contributed by atoms with van der Waals surface area (Å²) in [6, 6.07) is 16.6. The molecule has 23 heavy (non-hydrogen) atoms. The van der Waals surface area contributed by atoms with Crippen LogP contribution in [0.2, 0.25) is 0 Å². The number of hydrazone groups is 1. The first kappa shape index (κ1) is 14.1. The molecule has 2 aromatic carbocycles. The maximum absolute atomic E-state index is 6.23. The molecule has 0 aliphatic carbocycles. The zero-order valence-corrected chi connectivity index (χ0v) is 13.6. The van der Waals surface area contributed by atoms with Gasteiger partial charge in [0.25, 0.3) is 0 Å². The number of hydrogen-bond acceptors (Lipinski definition) is 4. The van der Waals surface area contributed by atoms with Gasteiger partial charge in [-0.25, -0.2) is 5.01 Å². The first-order valence-electron chi connectivity index (χ1n) is 7.88. The molecule has 0 amide bonds. The average molecular weight is 308 g/mol. The van der Waals surface area contributed by atoms with Crippen molar-refractivity contribution in [2.45, 2.75) is 32.0 Å². The largest absolute Gasteiger partial charge is 0.493 e. The van der Waals surface area contributed by atoms with Crippen LogP contribution in [0, 0.1) is 0 Å². The summed E-state index contributed by atoms with van der Waals surface area (Å²) in [6.45, 7) is 4.10. The Hall–Kier alpha value is -2.49. The standard InChI is InChI=1S/C19H20N2O2/c1-19(2)21-16(12-15(20-21)13-8-5-4-6-9-13)14-10-7-11-17(22-3)18(14)23-19/h4-11,16H,12H2,1-3H3/t16-/m1/s1. The van der Waals surface area contributed by atoms with Gasteiger partial charge < -0.3 is 9.47 Å². The van der Waals surface area contributed by atoms with E-state index in [0.717, 1.165) is 29.2 Å². The van der Waals surface area contributed by atoms with Crippen molar-refractivity contribution in [2.24, 2.45) is 5.10 Å². The van der Waals surface area contributed by atoms with Gasteiger partial charge in [0, 0.05) is 12.0 Å². The van der Waals surface area contributed by atoms with E-state index in [1.165, 1.54) is 5.56 Å². The van der Waals surface area contributed by atoms with Crippen molar-refractivity contribution in [3.05, 3.63) is 59.7 Å². The van der Waals surface area contributed by atoms with Gasteiger partial charge in [0.15, 0.2) is 17.2 Å². The third-order valence-corrected chi connectivity index (χ3v) is 4.51. The molecular weight excluding hydrogens is 288 g/mol. The molecule has 0 radical (unpaired) electrons. The molecule has 0 bridgehead atoms. The molecule has 118 valence electrons. The van der Waals surface area contributed by atoms with Crippen molar-refractivity contribution in [2.75, 3.05) is 7.11 Å². The fraction of sp³-hybridized carbons (Fsp3) is 0.316. The molecule has 0 N–H and O–H groups in total. The smallest absolute Gasteiger partial charge is 0.192 e. The quantitative estimate of drug-likeness (QED) is 0.841. The Morgan fingerprint density at radius 2 is 1.91 bits per heavy atom. The number of fused-ring (bicyclic) bond motifs is 3. The van der Waals surface area contributed by atoms with E-state index in [2.05, 4.69) is 23.2 Å². The highest BCUT2D eigenvalue weighted by Gasteiger charge is 2.45. The van der Waals surface area contributed by atoms with E-state index in [4.69, 9.17) is 14.6 Å². The Morgan fingerprint density at radius 1 is 1.13 bits per heavy atom. The second-order valence-corrected chi connectivity index (χ2v) is 6.40. The Balaban J connectivity index is 1.79. The van der Waals surface area contributed by atoms with Crippen molar-refractivity contribution in [3.8, 4) is 11.5 Å². The first-order chi connectivity index (χ1) is 11.1. The van der Waals surface area contributed by atoms with E-state index in [0.29, 0.717) is 0 Å². The Kier molecular flexibility index (Phi) is 3.08. The molecule has 1 atom stereocenters. The molecule has 0 saturated carbocycles. The van der Waals surface area contributed by atoms with Gasteiger partial charge in [-0.05, 0) is 25.5 Å². The van der Waals surface area contributed by atoms with Crippen LogP contribution < -0.4 is 9.47 Å². The second-order valence-electron chi connectivity index (χ2n) is 6.40. The molecule has 0 fully saturated rings. The van der Waals surface area contributed by atoms with Crippen LogP contribution in [0.25, 0.3) is 0 Å². The summed E-state index contributed by atoms with van der Waals surface area (Å²) in [5.41, 5.74) is 2.89. The minimum atomic E-state index is -0.511. The fourth-order valence-corrected chi connectivity index (χ4v) is 3.42. The zero-order chi connectivity index (χ0) is 16.0. The minimum absolute atomic E-state index is 0.180. The molecular formula is C19H20N2O2. The summed E-state index contributed by atoms with van der Waals surface area (Å²) in [4.78, 5) is 0. The lowest BCUT2D eigenvalue weighted by atomic mass is 9.95. The maximum atomic E-state index is 6.23. The second kappa shape index (κ2) is 5.01. The van der Waals surface area contributed by atoms with Crippen molar-refractivity contribution >= 4 is 5.71 Å². The van der Waals surface area contributed by atoms with E-state index in [1.54, 1.807) is 7.11 Å². The Morgan fingerprint density at radius 3 is 2.65 bits per heavy atom. The highest BCUT2D eigenvalue weighted by atomic mass is 16.5. The molecule has 2 heterocycles. The lowest BCUT2D eigenvalue weighted by Crippen LogP contribution is -2.48. The summed E-state index contributed by atoms with van der Waals surface area (Å²) in [5.74, 6) is 1.62. The molecule has 4 rings (SSSR count). The Bertz CT molecular complexity index is 768. The van der Waals surface area contributed by atoms with Crippen LogP contribution in [-0.2, 0) is 0 Å². The molecule has 4 nitrogen and oxygen atoms in total. The SMILES string of the molecule is COc1cccc2c1OC(C)(C)N1N=C(c3ccccc3)C[C@H]21. The highest BCUT2D eigenvalue weighted by molar-refractivity contribution is 6.01. The Labute approximate surface area is 136 Å². The van der Waals surface area contributed by atoms with Crippen LogP contribution in [0.1, 0.15) is 37.4 Å². The fourth-order valence-electron chi connectivity index (χ4n) is 3.42. The van der Waals surface area contributed by atoms with Gasteiger partial charge >= 0.3 is 0 Å². The van der Waals surface area contributed by atoms with Gasteiger partial charge in [0.05, 0.1) is 18.9 Å². The number of methoxy groups -OCH3 is 1. The molecule has 2 aromatic rings. The van der Waals surface area contributed by atoms with Crippen molar-refractivity contribution in [3.63, 3.8) is 0 Å². The summed E-state index contributed by atoms with van der Waals surface area (Å²) in [6.07, 6.45) is 0.872. The highest BCUT2D eigenvalue weighted by Crippen LogP contribution is 2.49. The minimum Gasteiger partial charge on any atom is -0.493 e. The topological polar surface area (TPSA) is 34.1 Å². The van der Waals surface area contributed by atoms with E-state index < -0.39 is 5.72 Å². The number of benzene rings is 2. The number of ether oxygens (including phenoxy) is 2. The molecule has 0 aromatic heterocycles. The van der Waals surface area contributed by atoms with Gasteiger partial charge in [-0.3, -0.25) is 0 Å². The van der Waals surface area contributed by atoms with Crippen LogP contribution in [-0.4, -0.2) is 23.6 Å². The van der Waals surface area contributed by atoms with Crippen molar-refractivity contribution in [1.29, 1.82) is 0 Å². The molecule has 4 heteroatoms. The predicted octanol–water partition coefficient (Wildman–Crippen LogP) is 3.97. The number of nitrogens with zero attached hydrogens (tertiary/aromatic N) is 2.